The SMILES string of the molecule is NC(CSC1CCCCC1)C1CC1c1ccccc1. The second-order valence-corrected chi connectivity index (χ2v) is 7.51. The fourth-order valence-electron chi connectivity index (χ4n) is 3.37. The Hall–Kier alpha value is -0.470. The van der Waals surface area contributed by atoms with E-state index in [4.69, 9.17) is 5.73 Å². The number of rotatable bonds is 5. The summed E-state index contributed by atoms with van der Waals surface area (Å²) in [5.74, 6) is 2.64. The van der Waals surface area contributed by atoms with Gasteiger partial charge in [0, 0.05) is 17.0 Å². The van der Waals surface area contributed by atoms with Crippen molar-refractivity contribution in [1.29, 1.82) is 0 Å². The molecule has 2 aliphatic carbocycles. The largest absolute Gasteiger partial charge is 0.327 e. The summed E-state index contributed by atoms with van der Waals surface area (Å²) in [6.45, 7) is 0. The molecule has 0 heterocycles. The lowest BCUT2D eigenvalue weighted by Crippen LogP contribution is -2.27. The number of nitrogens with two attached hydrogens (primary N) is 1. The fraction of sp³-hybridized carbons (Fsp3) is 0.647. The Morgan fingerprint density at radius 2 is 1.84 bits per heavy atom. The Morgan fingerprint density at radius 3 is 2.58 bits per heavy atom. The van der Waals surface area contributed by atoms with Crippen LogP contribution in [0.1, 0.15) is 50.0 Å². The molecular weight excluding hydrogens is 250 g/mol. The van der Waals surface area contributed by atoms with Gasteiger partial charge < -0.3 is 5.73 Å². The molecule has 1 nitrogen and oxygen atoms in total. The molecule has 2 N–H and O–H groups in total. The molecule has 0 aliphatic heterocycles. The zero-order valence-electron chi connectivity index (χ0n) is 11.6. The molecule has 2 fully saturated rings. The molecule has 2 heteroatoms. The van der Waals surface area contributed by atoms with Gasteiger partial charge in [-0.05, 0) is 36.7 Å². The molecule has 0 aromatic heterocycles. The lowest BCUT2D eigenvalue weighted by molar-refractivity contribution is 0.514. The topological polar surface area (TPSA) is 26.0 Å². The minimum atomic E-state index is 0.400. The minimum absolute atomic E-state index is 0.400. The van der Waals surface area contributed by atoms with Crippen LogP contribution >= 0.6 is 11.8 Å². The molecule has 0 spiro atoms. The standard InChI is InChI=1S/C17H25NS/c18-17(12-19-14-9-5-2-6-10-14)16-11-15(16)13-7-3-1-4-8-13/h1,3-4,7-8,14-17H,2,5-6,9-12,18H2. The Labute approximate surface area is 121 Å². The molecule has 0 bridgehead atoms. The summed E-state index contributed by atoms with van der Waals surface area (Å²) in [6.07, 6.45) is 8.46. The maximum atomic E-state index is 6.40. The van der Waals surface area contributed by atoms with E-state index >= 15 is 0 Å². The van der Waals surface area contributed by atoms with Gasteiger partial charge in [-0.1, -0.05) is 49.6 Å². The molecule has 2 aliphatic rings. The van der Waals surface area contributed by atoms with E-state index in [0.29, 0.717) is 6.04 Å². The molecule has 0 saturated heterocycles. The quantitative estimate of drug-likeness (QED) is 0.872. The van der Waals surface area contributed by atoms with Gasteiger partial charge in [0.25, 0.3) is 0 Å². The monoisotopic (exact) mass is 275 g/mol. The lowest BCUT2D eigenvalue weighted by atomic mass is 10.0. The van der Waals surface area contributed by atoms with Gasteiger partial charge in [-0.15, -0.1) is 0 Å². The molecule has 104 valence electrons. The fourth-order valence-corrected chi connectivity index (χ4v) is 4.78. The number of thioether (sulfide) groups is 1. The Kier molecular flexibility index (Phi) is 4.49. The highest BCUT2D eigenvalue weighted by molar-refractivity contribution is 7.99. The van der Waals surface area contributed by atoms with Gasteiger partial charge in [-0.3, -0.25) is 0 Å². The van der Waals surface area contributed by atoms with E-state index in [1.807, 2.05) is 0 Å². The zero-order chi connectivity index (χ0) is 13.1. The Bertz CT molecular complexity index is 386. The molecule has 3 unspecified atom stereocenters. The zero-order valence-corrected chi connectivity index (χ0v) is 12.4. The van der Waals surface area contributed by atoms with Gasteiger partial charge in [-0.2, -0.15) is 11.8 Å². The van der Waals surface area contributed by atoms with Gasteiger partial charge >= 0.3 is 0 Å². The molecule has 2 saturated carbocycles. The first-order valence-electron chi connectivity index (χ1n) is 7.76. The van der Waals surface area contributed by atoms with Gasteiger partial charge in [0.05, 0.1) is 0 Å². The third-order valence-corrected chi connectivity index (χ3v) is 6.21. The molecule has 19 heavy (non-hydrogen) atoms. The summed E-state index contributed by atoms with van der Waals surface area (Å²) >= 11 is 2.15. The van der Waals surface area contributed by atoms with E-state index in [2.05, 4.69) is 42.1 Å². The number of benzene rings is 1. The van der Waals surface area contributed by atoms with Crippen molar-refractivity contribution in [3.63, 3.8) is 0 Å². The summed E-state index contributed by atoms with van der Waals surface area (Å²) in [5.41, 5.74) is 7.89. The lowest BCUT2D eigenvalue weighted by Gasteiger charge is -2.22. The van der Waals surface area contributed by atoms with Crippen LogP contribution in [0.15, 0.2) is 30.3 Å². The number of hydrogen-bond acceptors (Lipinski definition) is 2. The van der Waals surface area contributed by atoms with Crippen molar-refractivity contribution >= 4 is 11.8 Å². The van der Waals surface area contributed by atoms with E-state index < -0.39 is 0 Å². The smallest absolute Gasteiger partial charge is 0.0165 e. The van der Waals surface area contributed by atoms with E-state index in [9.17, 15) is 0 Å². The first-order valence-corrected chi connectivity index (χ1v) is 8.81. The van der Waals surface area contributed by atoms with Crippen LogP contribution in [-0.2, 0) is 0 Å². The van der Waals surface area contributed by atoms with E-state index in [1.165, 1.54) is 49.8 Å². The molecule has 3 atom stereocenters. The van der Waals surface area contributed by atoms with E-state index in [1.54, 1.807) is 0 Å². The maximum absolute atomic E-state index is 6.40. The van der Waals surface area contributed by atoms with Crippen molar-refractivity contribution in [3.05, 3.63) is 35.9 Å². The van der Waals surface area contributed by atoms with Crippen molar-refractivity contribution in [2.24, 2.45) is 11.7 Å². The van der Waals surface area contributed by atoms with E-state index in [0.717, 1.165) is 17.1 Å². The second kappa shape index (κ2) is 6.32. The summed E-state index contributed by atoms with van der Waals surface area (Å²) < 4.78 is 0. The van der Waals surface area contributed by atoms with Gasteiger partial charge in [0.2, 0.25) is 0 Å². The van der Waals surface area contributed by atoms with Crippen LogP contribution in [0.3, 0.4) is 0 Å². The predicted molar refractivity (Wildman–Crippen MR) is 84.6 cm³/mol. The van der Waals surface area contributed by atoms with Crippen molar-refractivity contribution < 1.29 is 0 Å². The minimum Gasteiger partial charge on any atom is -0.327 e. The third kappa shape index (κ3) is 3.55. The average molecular weight is 275 g/mol. The highest BCUT2D eigenvalue weighted by Gasteiger charge is 2.42. The van der Waals surface area contributed by atoms with Crippen molar-refractivity contribution in [3.8, 4) is 0 Å². The summed E-state index contributed by atoms with van der Waals surface area (Å²) in [6, 6.07) is 11.3. The van der Waals surface area contributed by atoms with Crippen LogP contribution in [0.5, 0.6) is 0 Å². The molecule has 0 amide bonds. The Morgan fingerprint density at radius 1 is 1.11 bits per heavy atom. The first kappa shape index (κ1) is 13.5. The van der Waals surface area contributed by atoms with Crippen molar-refractivity contribution in [2.45, 2.75) is 55.7 Å². The van der Waals surface area contributed by atoms with Crippen LogP contribution in [0, 0.1) is 5.92 Å². The maximum Gasteiger partial charge on any atom is 0.0165 e. The van der Waals surface area contributed by atoms with Crippen LogP contribution in [-0.4, -0.2) is 17.0 Å². The van der Waals surface area contributed by atoms with E-state index in [-0.39, 0.29) is 0 Å². The molecule has 0 radical (unpaired) electrons. The van der Waals surface area contributed by atoms with Crippen molar-refractivity contribution in [1.82, 2.24) is 0 Å². The van der Waals surface area contributed by atoms with Gasteiger partial charge in [-0.25, -0.2) is 0 Å². The summed E-state index contributed by atoms with van der Waals surface area (Å²) in [5, 5.41) is 0.897. The average Bonchev–Trinajstić information content (AvgIpc) is 3.27. The van der Waals surface area contributed by atoms with Crippen LogP contribution < -0.4 is 5.73 Å². The summed E-state index contributed by atoms with van der Waals surface area (Å²) in [4.78, 5) is 0. The number of hydrogen-bond donors (Lipinski definition) is 1. The van der Waals surface area contributed by atoms with Crippen LogP contribution in [0.4, 0.5) is 0 Å². The van der Waals surface area contributed by atoms with Crippen LogP contribution in [0.25, 0.3) is 0 Å². The summed E-state index contributed by atoms with van der Waals surface area (Å²) in [7, 11) is 0. The highest BCUT2D eigenvalue weighted by Crippen LogP contribution is 2.49. The van der Waals surface area contributed by atoms with Crippen LogP contribution in [0.2, 0.25) is 0 Å². The normalized spacial score (nSPS) is 29.1. The molecular formula is C17H25NS. The van der Waals surface area contributed by atoms with Crippen molar-refractivity contribution in [2.75, 3.05) is 5.75 Å². The molecule has 1 aromatic carbocycles. The van der Waals surface area contributed by atoms with Gasteiger partial charge in [0.1, 0.15) is 0 Å². The molecule has 1 aromatic rings. The Balaban J connectivity index is 1.43. The second-order valence-electron chi connectivity index (χ2n) is 6.17. The van der Waals surface area contributed by atoms with Gasteiger partial charge in [0.15, 0.2) is 0 Å². The predicted octanol–water partition coefficient (Wildman–Crippen LogP) is 4.18. The molecule has 3 rings (SSSR count). The third-order valence-electron chi connectivity index (χ3n) is 4.69. The first-order chi connectivity index (χ1) is 9.34. The highest BCUT2D eigenvalue weighted by atomic mass is 32.2.